The summed E-state index contributed by atoms with van der Waals surface area (Å²) in [6.07, 6.45) is -0.0222. The zero-order valence-corrected chi connectivity index (χ0v) is 13.0. The molecule has 1 N–H and O–H groups in total. The average Bonchev–Trinajstić information content (AvgIpc) is 3.03. The molecule has 0 bridgehead atoms. The number of imidazole rings is 1. The minimum absolute atomic E-state index is 0.0222. The van der Waals surface area contributed by atoms with Gasteiger partial charge in [0.15, 0.2) is 5.65 Å². The Morgan fingerprint density at radius 2 is 1.96 bits per heavy atom. The highest BCUT2D eigenvalue weighted by Gasteiger charge is 2.35. The lowest BCUT2D eigenvalue weighted by Gasteiger charge is -2.15. The van der Waals surface area contributed by atoms with E-state index in [1.54, 1.807) is 21.3 Å². The van der Waals surface area contributed by atoms with E-state index in [1.807, 2.05) is 13.8 Å². The van der Waals surface area contributed by atoms with Crippen LogP contribution in [0, 0.1) is 5.92 Å². The van der Waals surface area contributed by atoms with Gasteiger partial charge in [0, 0.05) is 26.1 Å². The number of amides is 1. The fraction of sp³-hybridized carbons (Fsp3) is 0.467. The molecule has 0 spiro atoms. The molecule has 0 aromatic carbocycles. The van der Waals surface area contributed by atoms with Gasteiger partial charge in [-0.3, -0.25) is 23.6 Å². The fourth-order valence-electron chi connectivity index (χ4n) is 3.02. The summed E-state index contributed by atoms with van der Waals surface area (Å²) in [6.45, 7) is 4.86. The minimum atomic E-state index is -0.982. The van der Waals surface area contributed by atoms with Gasteiger partial charge in [-0.05, 0) is 26.0 Å². The Labute approximate surface area is 131 Å². The first-order chi connectivity index (χ1) is 11.0. The quantitative estimate of drug-likeness (QED) is 0.894. The van der Waals surface area contributed by atoms with Crippen molar-refractivity contribution in [2.45, 2.75) is 33.4 Å². The number of carboxylic acids is 1. The topological polar surface area (TPSA) is 97.4 Å². The Kier molecular flexibility index (Phi) is 3.67. The molecule has 2 aromatic heterocycles. The number of carbonyl (C=O) groups is 2. The number of aryl methyl sites for hydroxylation is 2. The summed E-state index contributed by atoms with van der Waals surface area (Å²) in [4.78, 5) is 41.3. The van der Waals surface area contributed by atoms with Crippen LogP contribution in [0.25, 0.3) is 11.2 Å². The number of carboxylic acid groups (broad SMARTS) is 1. The molecule has 1 unspecified atom stereocenters. The molecule has 0 saturated carbocycles. The van der Waals surface area contributed by atoms with E-state index in [1.165, 1.54) is 4.90 Å². The number of hydrogen-bond acceptors (Lipinski definition) is 4. The lowest BCUT2D eigenvalue weighted by atomic mass is 10.1. The summed E-state index contributed by atoms with van der Waals surface area (Å²) in [5.74, 6) is -1.57. The Bertz CT molecular complexity index is 851. The van der Waals surface area contributed by atoms with E-state index >= 15 is 0 Å². The van der Waals surface area contributed by atoms with Crippen LogP contribution in [-0.4, -0.2) is 37.6 Å². The van der Waals surface area contributed by atoms with Crippen molar-refractivity contribution in [1.29, 1.82) is 0 Å². The molecule has 1 fully saturated rings. The van der Waals surface area contributed by atoms with Gasteiger partial charge in [-0.25, -0.2) is 9.78 Å². The Morgan fingerprint density at radius 1 is 1.26 bits per heavy atom. The molecule has 8 nitrogen and oxygen atoms in total. The highest BCUT2D eigenvalue weighted by molar-refractivity contribution is 5.99. The fourth-order valence-corrected chi connectivity index (χ4v) is 3.02. The minimum Gasteiger partial charge on any atom is -0.481 e. The highest BCUT2D eigenvalue weighted by Crippen LogP contribution is 2.25. The monoisotopic (exact) mass is 318 g/mol. The SMILES string of the molecule is CCn1c(=O)n(CC)c2nc(N3CC(C(=O)O)CC3=O)ccc21. The number of carbonyl (C=O) groups excluding carboxylic acids is 1. The van der Waals surface area contributed by atoms with Crippen LogP contribution < -0.4 is 10.6 Å². The lowest BCUT2D eigenvalue weighted by Crippen LogP contribution is -2.26. The van der Waals surface area contributed by atoms with E-state index in [4.69, 9.17) is 5.11 Å². The molecule has 1 amide bonds. The van der Waals surface area contributed by atoms with Crippen molar-refractivity contribution >= 4 is 28.9 Å². The molecule has 1 saturated heterocycles. The molecule has 2 aromatic rings. The maximum atomic E-state index is 12.3. The summed E-state index contributed by atoms with van der Waals surface area (Å²) in [6, 6.07) is 3.42. The number of rotatable bonds is 4. The summed E-state index contributed by atoms with van der Waals surface area (Å²) >= 11 is 0. The molecular formula is C15H18N4O4. The van der Waals surface area contributed by atoms with Crippen LogP contribution in [0.15, 0.2) is 16.9 Å². The summed E-state index contributed by atoms with van der Waals surface area (Å²) in [5, 5.41) is 9.07. The maximum absolute atomic E-state index is 12.3. The molecule has 1 aliphatic rings. The third kappa shape index (κ3) is 2.30. The Balaban J connectivity index is 2.09. The number of hydrogen-bond donors (Lipinski definition) is 1. The van der Waals surface area contributed by atoms with Gasteiger partial charge in [-0.2, -0.15) is 0 Å². The van der Waals surface area contributed by atoms with Crippen molar-refractivity contribution in [1.82, 2.24) is 14.1 Å². The van der Waals surface area contributed by atoms with Gasteiger partial charge in [0.25, 0.3) is 0 Å². The maximum Gasteiger partial charge on any atom is 0.330 e. The first-order valence-electron chi connectivity index (χ1n) is 7.61. The standard InChI is InChI=1S/C15H18N4O4/c1-3-17-10-5-6-11(16-13(10)18(4-2)15(17)23)19-8-9(14(21)22)7-12(19)20/h5-6,9H,3-4,7-8H2,1-2H3,(H,21,22). The number of fused-ring (bicyclic) bond motifs is 1. The third-order valence-corrected chi connectivity index (χ3v) is 4.23. The number of aliphatic carboxylic acids is 1. The zero-order chi connectivity index (χ0) is 16.7. The van der Waals surface area contributed by atoms with Crippen molar-refractivity contribution < 1.29 is 14.7 Å². The zero-order valence-electron chi connectivity index (χ0n) is 13.0. The van der Waals surface area contributed by atoms with Crippen LogP contribution in [0.4, 0.5) is 5.82 Å². The van der Waals surface area contributed by atoms with Gasteiger partial charge in [0.05, 0.1) is 11.4 Å². The normalized spacial score (nSPS) is 18.1. The van der Waals surface area contributed by atoms with E-state index in [2.05, 4.69) is 4.98 Å². The molecule has 23 heavy (non-hydrogen) atoms. The molecule has 3 heterocycles. The van der Waals surface area contributed by atoms with Crippen LogP contribution in [0.2, 0.25) is 0 Å². The average molecular weight is 318 g/mol. The molecule has 0 aliphatic carbocycles. The van der Waals surface area contributed by atoms with E-state index in [9.17, 15) is 14.4 Å². The number of nitrogens with zero attached hydrogens (tertiary/aromatic N) is 4. The van der Waals surface area contributed by atoms with E-state index in [0.29, 0.717) is 30.1 Å². The van der Waals surface area contributed by atoms with Crippen LogP contribution in [0.1, 0.15) is 20.3 Å². The van der Waals surface area contributed by atoms with Gasteiger partial charge >= 0.3 is 11.7 Å². The van der Waals surface area contributed by atoms with Gasteiger partial charge < -0.3 is 5.11 Å². The second-order valence-corrected chi connectivity index (χ2v) is 5.53. The van der Waals surface area contributed by atoms with Crippen LogP contribution in [-0.2, 0) is 22.7 Å². The smallest absolute Gasteiger partial charge is 0.330 e. The number of anilines is 1. The predicted octanol–water partition coefficient (Wildman–Crippen LogP) is 0.675. The van der Waals surface area contributed by atoms with E-state index in [-0.39, 0.29) is 24.6 Å². The van der Waals surface area contributed by atoms with E-state index < -0.39 is 11.9 Å². The second-order valence-electron chi connectivity index (χ2n) is 5.53. The highest BCUT2D eigenvalue weighted by atomic mass is 16.4. The number of aromatic nitrogens is 3. The van der Waals surface area contributed by atoms with Crippen molar-refractivity contribution in [2.24, 2.45) is 5.92 Å². The Hall–Kier alpha value is -2.64. The van der Waals surface area contributed by atoms with Crippen LogP contribution in [0.5, 0.6) is 0 Å². The van der Waals surface area contributed by atoms with Gasteiger partial charge in [-0.15, -0.1) is 0 Å². The molecule has 8 heteroatoms. The second kappa shape index (κ2) is 5.53. The summed E-state index contributed by atoms with van der Waals surface area (Å²) in [5.41, 5.74) is 1.10. The predicted molar refractivity (Wildman–Crippen MR) is 83.4 cm³/mol. The van der Waals surface area contributed by atoms with Crippen molar-refractivity contribution in [3.8, 4) is 0 Å². The van der Waals surface area contributed by atoms with Crippen molar-refractivity contribution in [3.05, 3.63) is 22.6 Å². The molecule has 1 atom stereocenters. The Morgan fingerprint density at radius 3 is 2.52 bits per heavy atom. The van der Waals surface area contributed by atoms with E-state index in [0.717, 1.165) is 0 Å². The van der Waals surface area contributed by atoms with Gasteiger partial charge in [-0.1, -0.05) is 0 Å². The lowest BCUT2D eigenvalue weighted by molar-refractivity contribution is -0.141. The molecule has 0 radical (unpaired) electrons. The van der Waals surface area contributed by atoms with Crippen LogP contribution in [0.3, 0.4) is 0 Å². The molecule has 1 aliphatic heterocycles. The van der Waals surface area contributed by atoms with Crippen LogP contribution >= 0.6 is 0 Å². The first kappa shape index (κ1) is 15.3. The molecule has 3 rings (SSSR count). The summed E-state index contributed by atoms with van der Waals surface area (Å²) in [7, 11) is 0. The van der Waals surface area contributed by atoms with Crippen molar-refractivity contribution in [2.75, 3.05) is 11.4 Å². The third-order valence-electron chi connectivity index (χ3n) is 4.23. The molecule has 122 valence electrons. The largest absolute Gasteiger partial charge is 0.481 e. The number of pyridine rings is 1. The first-order valence-corrected chi connectivity index (χ1v) is 7.61. The van der Waals surface area contributed by atoms with Gasteiger partial charge in [0.1, 0.15) is 5.82 Å². The molecular weight excluding hydrogens is 300 g/mol. The van der Waals surface area contributed by atoms with Gasteiger partial charge in [0.2, 0.25) is 5.91 Å². The summed E-state index contributed by atoms with van der Waals surface area (Å²) < 4.78 is 3.18. The van der Waals surface area contributed by atoms with Crippen molar-refractivity contribution in [3.63, 3.8) is 0 Å².